The number of nitrogens with zero attached hydrogens (tertiary/aromatic N) is 4. The number of hydrogen-bond donors (Lipinski definition) is 0. The quantitative estimate of drug-likeness (QED) is 0.481. The van der Waals surface area contributed by atoms with E-state index in [0.717, 1.165) is 28.1 Å². The molecule has 2 heterocycles. The molecule has 0 bridgehead atoms. The zero-order valence-electron chi connectivity index (χ0n) is 11.6. The molecule has 110 valence electrons. The van der Waals surface area contributed by atoms with E-state index < -0.39 is 0 Å². The van der Waals surface area contributed by atoms with Crippen molar-refractivity contribution in [1.82, 2.24) is 19.3 Å². The van der Waals surface area contributed by atoms with Crippen molar-refractivity contribution in [2.45, 2.75) is 19.3 Å². The number of rotatable bonds is 3. The molecule has 2 aromatic heterocycles. The molecule has 0 aliphatic heterocycles. The summed E-state index contributed by atoms with van der Waals surface area (Å²) in [6.07, 6.45) is 1.82. The Morgan fingerprint density at radius 1 is 1.38 bits per heavy atom. The van der Waals surface area contributed by atoms with E-state index in [2.05, 4.69) is 10.1 Å². The second-order valence-electron chi connectivity index (χ2n) is 4.88. The van der Waals surface area contributed by atoms with Gasteiger partial charge in [0.15, 0.2) is 0 Å². The average Bonchev–Trinajstić information content (AvgIpc) is 2.95. The minimum Gasteiger partial charge on any atom is -0.322 e. The van der Waals surface area contributed by atoms with Crippen molar-refractivity contribution in [3.8, 4) is 0 Å². The Morgan fingerprint density at radius 2 is 2.14 bits per heavy atom. The molecule has 0 fully saturated rings. The Kier molecular flexibility index (Phi) is 3.92. The van der Waals surface area contributed by atoms with Crippen LogP contribution in [0.5, 0.6) is 0 Å². The molecule has 0 N–H and O–H groups in total. The largest absolute Gasteiger partial charge is 0.322 e. The third-order valence-corrected chi connectivity index (χ3v) is 4.72. The lowest BCUT2D eigenvalue weighted by Gasteiger charge is -2.08. The van der Waals surface area contributed by atoms with Gasteiger partial charge in [-0.2, -0.15) is 5.10 Å². The van der Waals surface area contributed by atoms with Crippen molar-refractivity contribution >= 4 is 45.2 Å². The van der Waals surface area contributed by atoms with Crippen LogP contribution < -0.4 is 0 Å². The first-order valence-electron chi connectivity index (χ1n) is 6.39. The Labute approximate surface area is 140 Å². The number of alkyl halides is 1. The van der Waals surface area contributed by atoms with Gasteiger partial charge in [-0.15, -0.1) is 11.6 Å². The molecule has 0 amide bonds. The molecule has 21 heavy (non-hydrogen) atoms. The smallest absolute Gasteiger partial charge is 0.138 e. The molecule has 0 radical (unpaired) electrons. The zero-order chi connectivity index (χ0) is 15.1. The average molecular weight is 419 g/mol. The molecule has 0 saturated heterocycles. The summed E-state index contributed by atoms with van der Waals surface area (Å²) in [6.45, 7) is 2.59. The van der Waals surface area contributed by atoms with Gasteiger partial charge in [-0.25, -0.2) is 9.37 Å². The van der Waals surface area contributed by atoms with E-state index in [1.165, 1.54) is 6.07 Å². The van der Waals surface area contributed by atoms with E-state index in [0.29, 0.717) is 10.1 Å². The number of fused-ring (bicyclic) bond motifs is 1. The monoisotopic (exact) mass is 418 g/mol. The van der Waals surface area contributed by atoms with Crippen LogP contribution in [0.3, 0.4) is 0 Å². The number of imidazole rings is 1. The maximum Gasteiger partial charge on any atom is 0.138 e. The summed E-state index contributed by atoms with van der Waals surface area (Å²) in [5.41, 5.74) is 3.66. The van der Waals surface area contributed by atoms with Crippen LogP contribution in [-0.2, 0) is 19.5 Å². The van der Waals surface area contributed by atoms with Crippen molar-refractivity contribution in [2.75, 3.05) is 0 Å². The Morgan fingerprint density at radius 3 is 2.76 bits per heavy atom. The molecule has 0 aliphatic carbocycles. The van der Waals surface area contributed by atoms with Gasteiger partial charge in [-0.3, -0.25) is 4.68 Å². The van der Waals surface area contributed by atoms with Crippen LogP contribution >= 0.6 is 34.2 Å². The van der Waals surface area contributed by atoms with Gasteiger partial charge in [-0.05, 0) is 35.6 Å². The summed E-state index contributed by atoms with van der Waals surface area (Å²) in [4.78, 5) is 4.50. The van der Waals surface area contributed by atoms with Crippen LogP contribution in [-0.4, -0.2) is 19.3 Å². The molecular weight excluding hydrogens is 406 g/mol. The minimum absolute atomic E-state index is 0.242. The summed E-state index contributed by atoms with van der Waals surface area (Å²) in [6, 6.07) is 3.26. The second kappa shape index (κ2) is 5.57. The highest BCUT2D eigenvalue weighted by Crippen LogP contribution is 2.24. The molecule has 0 saturated carbocycles. The molecule has 3 aromatic rings. The topological polar surface area (TPSA) is 35.6 Å². The van der Waals surface area contributed by atoms with Crippen molar-refractivity contribution in [3.63, 3.8) is 0 Å². The molecule has 0 spiro atoms. The molecule has 0 aliphatic rings. The first-order chi connectivity index (χ1) is 10.0. The van der Waals surface area contributed by atoms with Crippen LogP contribution in [0.1, 0.15) is 17.1 Å². The number of hydrogen-bond acceptors (Lipinski definition) is 2. The lowest BCUT2D eigenvalue weighted by atomic mass is 10.2. The standard InChI is InChI=1S/C14H13ClFIN4/c1-8-9(6-18-20(8)2)7-21-13-3-10(16)11(17)4-12(13)19-14(21)5-15/h3-4,6H,5,7H2,1-2H3. The van der Waals surface area contributed by atoms with Gasteiger partial charge in [-0.1, -0.05) is 0 Å². The van der Waals surface area contributed by atoms with Crippen LogP contribution in [0, 0.1) is 16.3 Å². The van der Waals surface area contributed by atoms with E-state index in [1.807, 2.05) is 52.0 Å². The molecule has 4 nitrogen and oxygen atoms in total. The maximum absolute atomic E-state index is 13.9. The Hall–Kier alpha value is -1.15. The molecule has 3 rings (SSSR count). The van der Waals surface area contributed by atoms with Gasteiger partial charge >= 0.3 is 0 Å². The Bertz CT molecular complexity index is 824. The van der Waals surface area contributed by atoms with Crippen LogP contribution in [0.25, 0.3) is 11.0 Å². The summed E-state index contributed by atoms with van der Waals surface area (Å²) in [5, 5.41) is 4.24. The third-order valence-electron chi connectivity index (χ3n) is 3.65. The first-order valence-corrected chi connectivity index (χ1v) is 8.00. The number of aryl methyl sites for hydroxylation is 1. The summed E-state index contributed by atoms with van der Waals surface area (Å²) >= 11 is 7.96. The Balaban J connectivity index is 2.16. The van der Waals surface area contributed by atoms with E-state index in [-0.39, 0.29) is 11.7 Å². The fourth-order valence-corrected chi connectivity index (χ4v) is 2.97. The molecular formula is C14H13ClFIN4. The van der Waals surface area contributed by atoms with E-state index in [1.54, 1.807) is 6.07 Å². The molecule has 0 unspecified atom stereocenters. The van der Waals surface area contributed by atoms with Gasteiger partial charge in [0, 0.05) is 24.4 Å². The normalized spacial score (nSPS) is 11.5. The highest BCUT2D eigenvalue weighted by atomic mass is 127. The summed E-state index contributed by atoms with van der Waals surface area (Å²) in [5.74, 6) is 0.774. The lowest BCUT2D eigenvalue weighted by Crippen LogP contribution is -2.05. The van der Waals surface area contributed by atoms with Crippen molar-refractivity contribution in [1.29, 1.82) is 0 Å². The van der Waals surface area contributed by atoms with Crippen LogP contribution in [0.15, 0.2) is 18.3 Å². The number of halogens is 3. The van der Waals surface area contributed by atoms with Gasteiger partial charge in [0.2, 0.25) is 0 Å². The fraction of sp³-hybridized carbons (Fsp3) is 0.286. The van der Waals surface area contributed by atoms with Crippen LogP contribution in [0.4, 0.5) is 4.39 Å². The fourth-order valence-electron chi connectivity index (χ4n) is 2.32. The summed E-state index contributed by atoms with van der Waals surface area (Å²) < 4.78 is 18.2. The predicted molar refractivity (Wildman–Crippen MR) is 89.0 cm³/mol. The van der Waals surface area contributed by atoms with Gasteiger partial charge in [0.25, 0.3) is 0 Å². The van der Waals surface area contributed by atoms with E-state index >= 15 is 0 Å². The summed E-state index contributed by atoms with van der Waals surface area (Å²) in [7, 11) is 1.90. The second-order valence-corrected chi connectivity index (χ2v) is 6.31. The predicted octanol–water partition coefficient (Wildman–Crippen LogP) is 3.61. The SMILES string of the molecule is Cc1c(Cn2c(CCl)nc3cc(I)c(F)cc32)cnn1C. The van der Waals surface area contributed by atoms with Gasteiger partial charge < -0.3 is 4.57 Å². The van der Waals surface area contributed by atoms with E-state index in [9.17, 15) is 4.39 Å². The first kappa shape index (κ1) is 14.8. The molecule has 1 aromatic carbocycles. The molecule has 0 atom stereocenters. The zero-order valence-corrected chi connectivity index (χ0v) is 14.5. The highest BCUT2D eigenvalue weighted by Gasteiger charge is 2.15. The number of aromatic nitrogens is 4. The number of benzene rings is 1. The van der Waals surface area contributed by atoms with Crippen molar-refractivity contribution in [2.24, 2.45) is 7.05 Å². The maximum atomic E-state index is 13.9. The van der Waals surface area contributed by atoms with Gasteiger partial charge in [0.05, 0.1) is 33.2 Å². The lowest BCUT2D eigenvalue weighted by molar-refractivity contribution is 0.621. The van der Waals surface area contributed by atoms with E-state index in [4.69, 9.17) is 11.6 Å². The van der Waals surface area contributed by atoms with Crippen molar-refractivity contribution < 1.29 is 4.39 Å². The minimum atomic E-state index is -0.242. The van der Waals surface area contributed by atoms with Crippen LogP contribution in [0.2, 0.25) is 0 Å². The molecule has 7 heteroatoms. The highest BCUT2D eigenvalue weighted by molar-refractivity contribution is 14.1. The van der Waals surface area contributed by atoms with Gasteiger partial charge in [0.1, 0.15) is 11.6 Å². The third kappa shape index (κ3) is 2.55. The van der Waals surface area contributed by atoms with Crippen molar-refractivity contribution in [3.05, 3.63) is 44.8 Å².